The molecule has 49 heavy (non-hydrogen) atoms. The van der Waals surface area contributed by atoms with E-state index in [1.54, 1.807) is 29.0 Å². The van der Waals surface area contributed by atoms with Gasteiger partial charge < -0.3 is 19.3 Å². The van der Waals surface area contributed by atoms with E-state index in [-0.39, 0.29) is 27.8 Å². The van der Waals surface area contributed by atoms with Crippen molar-refractivity contribution in [1.29, 1.82) is 0 Å². The largest absolute Gasteiger partial charge is 0.503 e. The van der Waals surface area contributed by atoms with Crippen molar-refractivity contribution in [1.82, 2.24) is 18.9 Å². The SMILES string of the molecule is O=c1c(O)cn2c(c1Cl)CN(Cc1c(F)cccc1Cl)CC2.O=c1cc2n(cc1O)CC(CCc1ccccc1)N(Cc1ccccc1)C2. The van der Waals surface area contributed by atoms with Crippen LogP contribution in [0.25, 0.3) is 0 Å². The number of benzene rings is 3. The molecule has 5 aromatic rings. The highest BCUT2D eigenvalue weighted by Gasteiger charge is 2.27. The predicted molar refractivity (Wildman–Crippen MR) is 190 cm³/mol. The molecule has 0 saturated heterocycles. The number of aromatic nitrogens is 2. The van der Waals surface area contributed by atoms with Crippen molar-refractivity contribution in [3.8, 4) is 11.5 Å². The van der Waals surface area contributed by atoms with Crippen molar-refractivity contribution >= 4 is 23.2 Å². The number of rotatable bonds is 7. The van der Waals surface area contributed by atoms with Gasteiger partial charge in [0.25, 0.3) is 0 Å². The van der Waals surface area contributed by atoms with E-state index in [0.29, 0.717) is 55.0 Å². The van der Waals surface area contributed by atoms with Gasteiger partial charge in [-0.3, -0.25) is 19.4 Å². The summed E-state index contributed by atoms with van der Waals surface area (Å²) < 4.78 is 17.7. The van der Waals surface area contributed by atoms with Crippen LogP contribution in [0, 0.1) is 5.82 Å². The Balaban J connectivity index is 0.000000174. The number of fused-ring (bicyclic) bond motifs is 2. The van der Waals surface area contributed by atoms with E-state index < -0.39 is 5.43 Å². The number of halogens is 3. The van der Waals surface area contributed by atoms with E-state index in [1.807, 2.05) is 21.6 Å². The van der Waals surface area contributed by atoms with E-state index in [1.165, 1.54) is 23.4 Å². The summed E-state index contributed by atoms with van der Waals surface area (Å²) in [5, 5.41) is 19.7. The lowest BCUT2D eigenvalue weighted by Crippen LogP contribution is -2.43. The minimum absolute atomic E-state index is 0.00401. The summed E-state index contributed by atoms with van der Waals surface area (Å²) in [6, 6.07) is 27.5. The lowest BCUT2D eigenvalue weighted by molar-refractivity contribution is 0.122. The molecule has 2 N–H and O–H groups in total. The lowest BCUT2D eigenvalue weighted by atomic mass is 10.0. The molecule has 4 heterocycles. The van der Waals surface area contributed by atoms with Gasteiger partial charge in [0.15, 0.2) is 11.5 Å². The average Bonchev–Trinajstić information content (AvgIpc) is 3.10. The van der Waals surface area contributed by atoms with Crippen molar-refractivity contribution < 1.29 is 14.6 Å². The molecule has 0 radical (unpaired) electrons. The summed E-state index contributed by atoms with van der Waals surface area (Å²) in [6.07, 6.45) is 5.02. The molecule has 1 unspecified atom stereocenters. The van der Waals surface area contributed by atoms with Crippen LogP contribution in [-0.4, -0.2) is 41.7 Å². The third-order valence-electron chi connectivity index (χ3n) is 9.11. The second kappa shape index (κ2) is 15.4. The van der Waals surface area contributed by atoms with Gasteiger partial charge in [0.2, 0.25) is 10.9 Å². The maximum Gasteiger partial charge on any atom is 0.241 e. The Bertz CT molecular complexity index is 2020. The summed E-state index contributed by atoms with van der Waals surface area (Å²) in [5.41, 5.74) is 3.73. The quantitative estimate of drug-likeness (QED) is 0.199. The first-order valence-electron chi connectivity index (χ1n) is 16.2. The van der Waals surface area contributed by atoms with Crippen LogP contribution in [0.15, 0.2) is 107 Å². The van der Waals surface area contributed by atoms with Gasteiger partial charge in [-0.2, -0.15) is 0 Å². The molecule has 0 bridgehead atoms. The van der Waals surface area contributed by atoms with E-state index >= 15 is 0 Å². The van der Waals surface area contributed by atoms with Crippen LogP contribution < -0.4 is 10.9 Å². The van der Waals surface area contributed by atoms with Gasteiger partial charge >= 0.3 is 0 Å². The molecule has 0 fully saturated rings. The molecule has 8 nitrogen and oxygen atoms in total. The summed E-state index contributed by atoms with van der Waals surface area (Å²) in [5.74, 6) is -0.885. The maximum atomic E-state index is 13.9. The number of aryl methyl sites for hydroxylation is 1. The molecule has 254 valence electrons. The van der Waals surface area contributed by atoms with Crippen molar-refractivity contribution in [3.05, 3.63) is 162 Å². The number of hydrogen-bond acceptors (Lipinski definition) is 6. The summed E-state index contributed by atoms with van der Waals surface area (Å²) in [4.78, 5) is 28.0. The molecule has 2 aliphatic rings. The fourth-order valence-corrected chi connectivity index (χ4v) is 6.93. The molecule has 0 saturated carbocycles. The number of hydrogen-bond donors (Lipinski definition) is 2. The predicted octanol–water partition coefficient (Wildman–Crippen LogP) is 6.59. The van der Waals surface area contributed by atoms with E-state index in [4.69, 9.17) is 23.2 Å². The molecule has 0 amide bonds. The van der Waals surface area contributed by atoms with Gasteiger partial charge in [-0.15, -0.1) is 0 Å². The number of nitrogens with zero attached hydrogens (tertiary/aromatic N) is 4. The number of aromatic hydroxyl groups is 2. The fraction of sp³-hybridized carbons (Fsp3) is 0.263. The van der Waals surface area contributed by atoms with Crippen molar-refractivity contribution in [2.45, 2.75) is 58.2 Å². The summed E-state index contributed by atoms with van der Waals surface area (Å²) in [7, 11) is 0. The molecule has 1 atom stereocenters. The maximum absolute atomic E-state index is 13.9. The van der Waals surface area contributed by atoms with Gasteiger partial charge in [-0.1, -0.05) is 89.9 Å². The van der Waals surface area contributed by atoms with Crippen LogP contribution in [-0.2, 0) is 45.7 Å². The zero-order valence-corrected chi connectivity index (χ0v) is 28.3. The van der Waals surface area contributed by atoms with Crippen LogP contribution in [0.1, 0.15) is 34.5 Å². The second-order valence-electron chi connectivity index (χ2n) is 12.4. The Hall–Kier alpha value is -4.41. The third-order valence-corrected chi connectivity index (χ3v) is 9.85. The first-order valence-corrected chi connectivity index (χ1v) is 16.9. The van der Waals surface area contributed by atoms with Crippen molar-refractivity contribution in [3.63, 3.8) is 0 Å². The first kappa shape index (κ1) is 34.5. The molecule has 3 aromatic carbocycles. The Morgan fingerprint density at radius 1 is 0.776 bits per heavy atom. The highest BCUT2D eigenvalue weighted by molar-refractivity contribution is 6.31. The molecule has 11 heteroatoms. The average molecular weight is 704 g/mol. The van der Waals surface area contributed by atoms with Gasteiger partial charge in [0.1, 0.15) is 10.8 Å². The molecule has 0 aliphatic carbocycles. The molecular weight excluding hydrogens is 666 g/mol. The normalized spacial score (nSPS) is 15.9. The van der Waals surface area contributed by atoms with E-state index in [2.05, 4.69) is 53.4 Å². The highest BCUT2D eigenvalue weighted by atomic mass is 35.5. The Labute approximate surface area is 293 Å². The molecule has 0 spiro atoms. The molecule has 2 aromatic heterocycles. The van der Waals surface area contributed by atoms with Gasteiger partial charge in [0, 0.05) is 74.2 Å². The Morgan fingerprint density at radius 2 is 1.47 bits per heavy atom. The second-order valence-corrected chi connectivity index (χ2v) is 13.2. The van der Waals surface area contributed by atoms with Crippen molar-refractivity contribution in [2.75, 3.05) is 6.54 Å². The van der Waals surface area contributed by atoms with Gasteiger partial charge in [-0.05, 0) is 36.1 Å². The van der Waals surface area contributed by atoms with Crippen LogP contribution >= 0.6 is 23.2 Å². The third kappa shape index (κ3) is 8.25. The van der Waals surface area contributed by atoms with Crippen LogP contribution in [0.3, 0.4) is 0 Å². The van der Waals surface area contributed by atoms with Crippen LogP contribution in [0.5, 0.6) is 11.5 Å². The first-order chi connectivity index (χ1) is 23.7. The summed E-state index contributed by atoms with van der Waals surface area (Å²) >= 11 is 12.1. The van der Waals surface area contributed by atoms with Gasteiger partial charge in [-0.25, -0.2) is 4.39 Å². The lowest BCUT2D eigenvalue weighted by Gasteiger charge is -2.38. The van der Waals surface area contributed by atoms with E-state index in [0.717, 1.165) is 31.6 Å². The van der Waals surface area contributed by atoms with E-state index in [9.17, 15) is 24.2 Å². The highest BCUT2D eigenvalue weighted by Crippen LogP contribution is 2.27. The van der Waals surface area contributed by atoms with Crippen LogP contribution in [0.2, 0.25) is 10.0 Å². The Kier molecular flexibility index (Phi) is 10.8. The van der Waals surface area contributed by atoms with Crippen LogP contribution in [0.4, 0.5) is 4.39 Å². The minimum atomic E-state index is -0.585. The minimum Gasteiger partial charge on any atom is -0.503 e. The Morgan fingerprint density at radius 3 is 2.18 bits per heavy atom. The standard InChI is InChI=1S/C23H24N2O2.C15H13Cl2FN2O2/c26-22-13-21-16-24(14-19-9-5-2-6-10-19)20(15-25(21)17-23(22)27)12-11-18-7-3-1-4-8-18;16-10-2-1-3-11(18)9(10)6-19-4-5-20-8-13(21)15(22)14(17)12(20)7-19/h1-10,13,17,20,27H,11-12,14-16H2;1-3,8,21H,4-7H2. The summed E-state index contributed by atoms with van der Waals surface area (Å²) in [6.45, 7) is 4.25. The topological polar surface area (TPSA) is 90.9 Å². The monoisotopic (exact) mass is 702 g/mol. The smallest absolute Gasteiger partial charge is 0.241 e. The number of pyridine rings is 2. The van der Waals surface area contributed by atoms with Gasteiger partial charge in [0.05, 0.1) is 18.1 Å². The molecule has 7 rings (SSSR count). The zero-order valence-electron chi connectivity index (χ0n) is 26.8. The molecular formula is C38H37Cl2FN4O4. The fourth-order valence-electron chi connectivity index (χ4n) is 6.44. The van der Waals surface area contributed by atoms with Crippen molar-refractivity contribution in [2.24, 2.45) is 0 Å². The zero-order chi connectivity index (χ0) is 34.5. The molecule has 2 aliphatic heterocycles.